The van der Waals surface area contributed by atoms with E-state index in [1.165, 1.54) is 12.7 Å². The van der Waals surface area contributed by atoms with Crippen molar-refractivity contribution in [3.63, 3.8) is 0 Å². The molecular weight excluding hydrogens is 180 g/mol. The Bertz CT molecular complexity index is 385. The molecule has 0 amide bonds. The molecule has 0 bridgehead atoms. The van der Waals surface area contributed by atoms with Crippen LogP contribution in [0.2, 0.25) is 0 Å². The van der Waals surface area contributed by atoms with E-state index in [2.05, 4.69) is 33.8 Å². The fourth-order valence-corrected chi connectivity index (χ4v) is 0.898. The summed E-state index contributed by atoms with van der Waals surface area (Å²) in [6.45, 7) is 4.25. The number of aromatic amines is 1. The smallest absolute Gasteiger partial charge is 0.242 e. The molecule has 76 valence electrons. The van der Waals surface area contributed by atoms with Gasteiger partial charge in [-0.05, 0) is 0 Å². The average molecular weight is 194 g/mol. The number of fused-ring (bicyclic) bond motifs is 1. The molecule has 2 heterocycles. The first-order valence-corrected chi connectivity index (χ1v) is 4.51. The zero-order chi connectivity index (χ0) is 10.4. The molecule has 0 atom stereocenters. The number of rotatable bonds is 1. The van der Waals surface area contributed by atoms with Crippen molar-refractivity contribution in [1.82, 2.24) is 19.9 Å². The van der Waals surface area contributed by atoms with Gasteiger partial charge in [-0.3, -0.25) is 0 Å². The van der Waals surface area contributed by atoms with E-state index < -0.39 is 0 Å². The van der Waals surface area contributed by atoms with Crippen LogP contribution in [0.1, 0.15) is 20.3 Å². The lowest BCUT2D eigenvalue weighted by Gasteiger charge is -1.95. The van der Waals surface area contributed by atoms with Gasteiger partial charge in [0.25, 0.3) is 0 Å². The summed E-state index contributed by atoms with van der Waals surface area (Å²) < 4.78 is 4.96. The topological polar surface area (TPSA) is 63.7 Å². The van der Waals surface area contributed by atoms with E-state index in [0.717, 1.165) is 5.52 Å². The molecule has 0 spiro atoms. The van der Waals surface area contributed by atoms with Crippen molar-refractivity contribution in [3.8, 4) is 5.88 Å². The summed E-state index contributed by atoms with van der Waals surface area (Å²) in [6, 6.07) is 0. The molecule has 0 saturated heterocycles. The Kier molecular flexibility index (Phi) is 3.84. The van der Waals surface area contributed by atoms with E-state index in [0.29, 0.717) is 11.5 Å². The minimum absolute atomic E-state index is 0.521. The molecule has 0 unspecified atom stereocenters. The maximum atomic E-state index is 4.96. The fourth-order valence-electron chi connectivity index (χ4n) is 0.898. The van der Waals surface area contributed by atoms with Crippen LogP contribution in [0.4, 0.5) is 0 Å². The number of imidazole rings is 1. The first-order chi connectivity index (χ1) is 6.83. The van der Waals surface area contributed by atoms with Crippen LogP contribution in [0.25, 0.3) is 11.2 Å². The Morgan fingerprint density at radius 3 is 2.64 bits per heavy atom. The molecule has 2 aromatic rings. The predicted molar refractivity (Wildman–Crippen MR) is 54.2 cm³/mol. The number of nitrogens with zero attached hydrogens (tertiary/aromatic N) is 3. The SMILES string of the molecule is CCC.COc1ncnc2nc[nH]c12. The first kappa shape index (κ1) is 10.4. The molecule has 0 aromatic carbocycles. The second-order valence-corrected chi connectivity index (χ2v) is 2.69. The standard InChI is InChI=1S/C6H6N4O.C3H8/c1-11-6-4-5(8-2-7-4)9-3-10-6;1-3-2/h2-3H,1H3,(H,7,8,9,10);3H2,1-2H3. The van der Waals surface area contributed by atoms with Gasteiger partial charge in [-0.15, -0.1) is 0 Å². The third-order valence-electron chi connectivity index (χ3n) is 1.38. The lowest BCUT2D eigenvalue weighted by molar-refractivity contribution is 0.401. The Balaban J connectivity index is 0.000000293. The van der Waals surface area contributed by atoms with Crippen LogP contribution < -0.4 is 4.74 Å². The zero-order valence-corrected chi connectivity index (χ0v) is 8.61. The Morgan fingerprint density at radius 2 is 2.00 bits per heavy atom. The van der Waals surface area contributed by atoms with Crippen LogP contribution in [0.3, 0.4) is 0 Å². The number of ether oxygens (including phenoxy) is 1. The van der Waals surface area contributed by atoms with Gasteiger partial charge < -0.3 is 9.72 Å². The largest absolute Gasteiger partial charge is 0.479 e. The van der Waals surface area contributed by atoms with Gasteiger partial charge in [-0.25, -0.2) is 9.97 Å². The van der Waals surface area contributed by atoms with Gasteiger partial charge >= 0.3 is 0 Å². The molecule has 14 heavy (non-hydrogen) atoms. The summed E-state index contributed by atoms with van der Waals surface area (Å²) in [5.41, 5.74) is 1.35. The van der Waals surface area contributed by atoms with Gasteiger partial charge in [0.1, 0.15) is 11.8 Å². The highest BCUT2D eigenvalue weighted by atomic mass is 16.5. The van der Waals surface area contributed by atoms with E-state index in [1.807, 2.05) is 0 Å². The molecular formula is C9H14N4O. The Hall–Kier alpha value is -1.65. The maximum Gasteiger partial charge on any atom is 0.242 e. The van der Waals surface area contributed by atoms with E-state index in [1.54, 1.807) is 13.4 Å². The normalized spacial score (nSPS) is 9.36. The van der Waals surface area contributed by atoms with Gasteiger partial charge in [0, 0.05) is 0 Å². The van der Waals surface area contributed by atoms with Crippen LogP contribution in [-0.2, 0) is 0 Å². The number of nitrogens with one attached hydrogen (secondary N) is 1. The van der Waals surface area contributed by atoms with Crippen LogP contribution in [0, 0.1) is 0 Å². The fraction of sp³-hybridized carbons (Fsp3) is 0.444. The molecule has 0 radical (unpaired) electrons. The molecule has 0 aliphatic rings. The minimum atomic E-state index is 0.521. The van der Waals surface area contributed by atoms with Gasteiger partial charge in [-0.1, -0.05) is 20.3 Å². The summed E-state index contributed by atoms with van der Waals surface area (Å²) in [6.07, 6.45) is 4.23. The van der Waals surface area contributed by atoms with Crippen molar-refractivity contribution in [2.45, 2.75) is 20.3 Å². The van der Waals surface area contributed by atoms with Crippen molar-refractivity contribution < 1.29 is 4.74 Å². The van der Waals surface area contributed by atoms with Crippen molar-refractivity contribution in [1.29, 1.82) is 0 Å². The van der Waals surface area contributed by atoms with Gasteiger partial charge in [0.05, 0.1) is 13.4 Å². The van der Waals surface area contributed by atoms with Gasteiger partial charge in [0.2, 0.25) is 5.88 Å². The molecule has 0 aliphatic carbocycles. The minimum Gasteiger partial charge on any atom is -0.479 e. The zero-order valence-electron chi connectivity index (χ0n) is 8.61. The summed E-state index contributed by atoms with van der Waals surface area (Å²) in [4.78, 5) is 14.6. The van der Waals surface area contributed by atoms with E-state index in [9.17, 15) is 0 Å². The van der Waals surface area contributed by atoms with Gasteiger partial charge in [0.15, 0.2) is 5.65 Å². The molecule has 2 aromatic heterocycles. The lowest BCUT2D eigenvalue weighted by atomic mass is 10.5. The molecule has 5 heteroatoms. The van der Waals surface area contributed by atoms with E-state index >= 15 is 0 Å². The third kappa shape index (κ3) is 2.18. The highest BCUT2D eigenvalue weighted by Gasteiger charge is 2.03. The Morgan fingerprint density at radius 1 is 1.29 bits per heavy atom. The molecule has 2 rings (SSSR count). The summed E-state index contributed by atoms with van der Waals surface area (Å²) in [7, 11) is 1.56. The van der Waals surface area contributed by atoms with Crippen molar-refractivity contribution in [3.05, 3.63) is 12.7 Å². The highest BCUT2D eigenvalue weighted by Crippen LogP contribution is 2.15. The number of aromatic nitrogens is 4. The van der Waals surface area contributed by atoms with Crippen molar-refractivity contribution >= 4 is 11.2 Å². The van der Waals surface area contributed by atoms with Crippen molar-refractivity contribution in [2.75, 3.05) is 7.11 Å². The highest BCUT2D eigenvalue weighted by molar-refractivity contribution is 5.74. The number of hydrogen-bond acceptors (Lipinski definition) is 4. The lowest BCUT2D eigenvalue weighted by Crippen LogP contribution is -1.89. The number of methoxy groups -OCH3 is 1. The summed E-state index contributed by atoms with van der Waals surface area (Å²) in [5.74, 6) is 0.521. The first-order valence-electron chi connectivity index (χ1n) is 4.51. The van der Waals surface area contributed by atoms with E-state index in [4.69, 9.17) is 4.74 Å². The molecule has 0 fully saturated rings. The van der Waals surface area contributed by atoms with Gasteiger partial charge in [-0.2, -0.15) is 4.98 Å². The second kappa shape index (κ2) is 5.16. The quantitative estimate of drug-likeness (QED) is 0.751. The summed E-state index contributed by atoms with van der Waals surface area (Å²) >= 11 is 0. The number of hydrogen-bond donors (Lipinski definition) is 1. The number of H-pyrrole nitrogens is 1. The second-order valence-electron chi connectivity index (χ2n) is 2.69. The van der Waals surface area contributed by atoms with Crippen LogP contribution in [0.15, 0.2) is 12.7 Å². The van der Waals surface area contributed by atoms with Crippen LogP contribution in [-0.4, -0.2) is 27.0 Å². The Labute approximate surface area is 82.6 Å². The summed E-state index contributed by atoms with van der Waals surface area (Å²) in [5, 5.41) is 0. The predicted octanol–water partition coefficient (Wildman–Crippen LogP) is 1.78. The monoisotopic (exact) mass is 194 g/mol. The van der Waals surface area contributed by atoms with Crippen LogP contribution >= 0.6 is 0 Å². The third-order valence-corrected chi connectivity index (χ3v) is 1.38. The molecule has 1 N–H and O–H groups in total. The molecule has 0 saturated carbocycles. The van der Waals surface area contributed by atoms with E-state index in [-0.39, 0.29) is 0 Å². The van der Waals surface area contributed by atoms with Crippen molar-refractivity contribution in [2.24, 2.45) is 0 Å². The average Bonchev–Trinajstić information content (AvgIpc) is 2.66. The molecule has 5 nitrogen and oxygen atoms in total. The van der Waals surface area contributed by atoms with Crippen LogP contribution in [0.5, 0.6) is 5.88 Å². The molecule has 0 aliphatic heterocycles. The maximum absolute atomic E-state index is 4.96.